The van der Waals surface area contributed by atoms with Gasteiger partial charge in [0, 0.05) is 5.02 Å². The fourth-order valence-corrected chi connectivity index (χ4v) is 3.12. The number of aliphatic carboxylic acids is 1. The summed E-state index contributed by atoms with van der Waals surface area (Å²) in [5, 5.41) is 28.7. The molecule has 0 unspecified atom stereocenters. The monoisotopic (exact) mass is 402 g/mol. The van der Waals surface area contributed by atoms with Gasteiger partial charge in [-0.3, -0.25) is 5.10 Å². The third-order valence-corrected chi connectivity index (χ3v) is 4.61. The highest BCUT2D eigenvalue weighted by Crippen LogP contribution is 2.33. The molecule has 0 spiro atoms. The minimum Gasteiger partial charge on any atom is -0.872 e. The topological polar surface area (TPSA) is 111 Å². The molecule has 0 radical (unpaired) electrons. The molecule has 3 rings (SSSR count). The molecule has 0 saturated carbocycles. The number of carboxylic acid groups (broad SMARTS) is 1. The molecule has 2 aromatic carbocycles. The summed E-state index contributed by atoms with van der Waals surface area (Å²) in [7, 11) is 1.52. The average molecular weight is 403 g/mol. The Morgan fingerprint density at radius 3 is 2.81 bits per heavy atom. The zero-order chi connectivity index (χ0) is 19.4. The molecule has 9 heteroatoms. The van der Waals surface area contributed by atoms with Crippen LogP contribution < -0.4 is 9.84 Å². The minimum atomic E-state index is -1.19. The molecule has 3 aromatic rings. The lowest BCUT2D eigenvalue weighted by Crippen LogP contribution is -1.99. The first-order chi connectivity index (χ1) is 13.0. The Bertz CT molecular complexity index is 1020. The van der Waals surface area contributed by atoms with Gasteiger partial charge in [0.1, 0.15) is 10.7 Å². The van der Waals surface area contributed by atoms with Gasteiger partial charge in [-0.2, -0.15) is 0 Å². The summed E-state index contributed by atoms with van der Waals surface area (Å²) in [6.45, 7) is 0. The summed E-state index contributed by atoms with van der Waals surface area (Å²) in [6, 6.07) is 11.2. The van der Waals surface area contributed by atoms with Gasteiger partial charge in [0.05, 0.1) is 12.7 Å². The van der Waals surface area contributed by atoms with E-state index in [0.717, 1.165) is 11.8 Å². The number of benzene rings is 2. The number of aromatic nitrogens is 3. The lowest BCUT2D eigenvalue weighted by Gasteiger charge is -2.09. The van der Waals surface area contributed by atoms with Crippen molar-refractivity contribution in [1.82, 2.24) is 15.2 Å². The number of hydrogen-bond donors (Lipinski definition) is 2. The molecule has 7 nitrogen and oxygen atoms in total. The molecule has 0 saturated heterocycles. The number of methoxy groups -OCH3 is 1. The number of para-hydroxylation sites is 1. The first-order valence-corrected chi connectivity index (χ1v) is 8.82. The van der Waals surface area contributed by atoms with Crippen LogP contribution in [0.4, 0.5) is 0 Å². The highest BCUT2D eigenvalue weighted by molar-refractivity contribution is 8.04. The second-order valence-electron chi connectivity index (χ2n) is 5.26. The molecule has 138 valence electrons. The van der Waals surface area contributed by atoms with Crippen LogP contribution in [0.2, 0.25) is 5.02 Å². The molecule has 0 aliphatic carbocycles. The summed E-state index contributed by atoms with van der Waals surface area (Å²) in [5.74, 6) is -0.529. The number of rotatable bonds is 6. The summed E-state index contributed by atoms with van der Waals surface area (Å²) in [6.07, 6.45) is 1.30. The molecule has 27 heavy (non-hydrogen) atoms. The molecule has 2 N–H and O–H groups in total. The fraction of sp³-hybridized carbons (Fsp3) is 0.0556. The lowest BCUT2D eigenvalue weighted by atomic mass is 10.2. The third-order valence-electron chi connectivity index (χ3n) is 3.50. The maximum absolute atomic E-state index is 11.8. The van der Waals surface area contributed by atoms with Crippen molar-refractivity contribution in [3.05, 3.63) is 58.0 Å². The second-order valence-corrected chi connectivity index (χ2v) is 6.71. The molecule has 1 aromatic heterocycles. The van der Waals surface area contributed by atoms with Crippen molar-refractivity contribution in [3.8, 4) is 22.9 Å². The second kappa shape index (κ2) is 8.15. The van der Waals surface area contributed by atoms with E-state index in [2.05, 4.69) is 15.2 Å². The largest absolute Gasteiger partial charge is 0.872 e. The number of carbonyl (C=O) groups is 1. The number of H-pyrrole nitrogens is 1. The zero-order valence-corrected chi connectivity index (χ0v) is 15.5. The number of ether oxygens (including phenoxy) is 1. The molecule has 0 aliphatic rings. The Morgan fingerprint density at radius 2 is 2.11 bits per heavy atom. The molecule has 0 amide bonds. The first-order valence-electron chi connectivity index (χ1n) is 7.63. The van der Waals surface area contributed by atoms with Crippen LogP contribution in [0.1, 0.15) is 5.56 Å². The van der Waals surface area contributed by atoms with E-state index in [1.807, 2.05) is 0 Å². The fourth-order valence-electron chi connectivity index (χ4n) is 2.25. The summed E-state index contributed by atoms with van der Waals surface area (Å²) >= 11 is 6.85. The van der Waals surface area contributed by atoms with Crippen molar-refractivity contribution in [2.24, 2.45) is 0 Å². The number of aromatic amines is 1. The van der Waals surface area contributed by atoms with Crippen LogP contribution in [-0.4, -0.2) is 33.4 Å². The Labute approximate surface area is 163 Å². The van der Waals surface area contributed by atoms with Crippen molar-refractivity contribution in [1.29, 1.82) is 0 Å². The first kappa shape index (κ1) is 18.8. The highest BCUT2D eigenvalue weighted by Gasteiger charge is 2.16. The summed E-state index contributed by atoms with van der Waals surface area (Å²) in [4.78, 5) is 15.8. The van der Waals surface area contributed by atoms with E-state index in [1.165, 1.54) is 19.3 Å². The average Bonchev–Trinajstić information content (AvgIpc) is 3.11. The Morgan fingerprint density at radius 1 is 1.33 bits per heavy atom. The highest BCUT2D eigenvalue weighted by atomic mass is 35.5. The van der Waals surface area contributed by atoms with E-state index in [1.54, 1.807) is 36.4 Å². The van der Waals surface area contributed by atoms with Crippen molar-refractivity contribution in [2.75, 3.05) is 7.11 Å². The lowest BCUT2D eigenvalue weighted by molar-refractivity contribution is -0.268. The molecular weight excluding hydrogens is 390 g/mol. The quantitative estimate of drug-likeness (QED) is 0.480. The van der Waals surface area contributed by atoms with Gasteiger partial charge in [-0.1, -0.05) is 35.9 Å². The van der Waals surface area contributed by atoms with Gasteiger partial charge in [0.25, 0.3) is 0 Å². The Hall–Kier alpha value is -2.97. The van der Waals surface area contributed by atoms with Crippen LogP contribution in [0.15, 0.2) is 52.5 Å². The predicted molar refractivity (Wildman–Crippen MR) is 101 cm³/mol. The summed E-state index contributed by atoms with van der Waals surface area (Å²) in [5.41, 5.74) is 0.866. The Kier molecular flexibility index (Phi) is 5.68. The van der Waals surface area contributed by atoms with Gasteiger partial charge in [-0.15, -0.1) is 10.8 Å². The molecular formula is C18H13ClN3O4S-. The predicted octanol–water partition coefficient (Wildman–Crippen LogP) is 3.43. The molecule has 0 bridgehead atoms. The van der Waals surface area contributed by atoms with Crippen LogP contribution in [-0.2, 0) is 4.79 Å². The number of hydrogen-bond acceptors (Lipinski definition) is 6. The van der Waals surface area contributed by atoms with E-state index in [-0.39, 0.29) is 21.4 Å². The zero-order valence-electron chi connectivity index (χ0n) is 14.0. The van der Waals surface area contributed by atoms with Crippen LogP contribution in [0.5, 0.6) is 11.5 Å². The van der Waals surface area contributed by atoms with Crippen molar-refractivity contribution < 1.29 is 19.7 Å². The number of nitrogens with zero attached hydrogens (tertiary/aromatic N) is 2. The Balaban J connectivity index is 1.91. The maximum Gasteiger partial charge on any atom is 0.342 e. The van der Waals surface area contributed by atoms with Gasteiger partial charge in [-0.25, -0.2) is 9.78 Å². The smallest absolute Gasteiger partial charge is 0.342 e. The van der Waals surface area contributed by atoms with Gasteiger partial charge in [0.15, 0.2) is 5.82 Å². The van der Waals surface area contributed by atoms with Crippen LogP contribution in [0.3, 0.4) is 0 Å². The van der Waals surface area contributed by atoms with Gasteiger partial charge < -0.3 is 14.9 Å². The van der Waals surface area contributed by atoms with Gasteiger partial charge in [0.2, 0.25) is 5.16 Å². The number of thioether (sulfide) groups is 1. The molecule has 0 atom stereocenters. The van der Waals surface area contributed by atoms with Gasteiger partial charge in [-0.05, 0) is 41.6 Å². The normalized spacial score (nSPS) is 11.4. The van der Waals surface area contributed by atoms with Crippen molar-refractivity contribution in [3.63, 3.8) is 0 Å². The van der Waals surface area contributed by atoms with E-state index in [0.29, 0.717) is 22.2 Å². The van der Waals surface area contributed by atoms with Crippen LogP contribution in [0, 0.1) is 0 Å². The maximum atomic E-state index is 11.8. The van der Waals surface area contributed by atoms with E-state index < -0.39 is 5.97 Å². The standard InChI is InChI=1S/C18H14ClN3O4S/c1-26-14-7-6-11(19)9-12(14)16-20-18(22-21-16)27-15(17(24)25)8-10-4-2-3-5-13(10)23/h2-9,23H,1H3,(H,24,25)(H,20,21,22)/p-1/b15-8-. The molecule has 1 heterocycles. The number of carboxylic acids is 1. The number of halogens is 1. The minimum absolute atomic E-state index is 0.0816. The molecule has 0 aliphatic heterocycles. The van der Waals surface area contributed by atoms with Crippen molar-refractivity contribution in [2.45, 2.75) is 5.16 Å². The van der Waals surface area contributed by atoms with E-state index >= 15 is 0 Å². The van der Waals surface area contributed by atoms with Crippen LogP contribution >= 0.6 is 23.4 Å². The molecule has 0 fully saturated rings. The summed E-state index contributed by atoms with van der Waals surface area (Å²) < 4.78 is 5.28. The van der Waals surface area contributed by atoms with Gasteiger partial charge >= 0.3 is 5.97 Å². The van der Waals surface area contributed by atoms with Crippen molar-refractivity contribution >= 4 is 35.4 Å². The number of nitrogens with one attached hydrogen (secondary N) is 1. The third kappa shape index (κ3) is 4.42. The SMILES string of the molecule is COc1ccc(Cl)cc1-c1nc(S/C(=C\c2ccccc2[O-])C(=O)O)n[nH]1. The van der Waals surface area contributed by atoms with E-state index in [4.69, 9.17) is 16.3 Å². The van der Waals surface area contributed by atoms with E-state index in [9.17, 15) is 15.0 Å². The van der Waals surface area contributed by atoms with Crippen LogP contribution in [0.25, 0.3) is 17.5 Å².